The first-order valence-corrected chi connectivity index (χ1v) is 6.02. The third kappa shape index (κ3) is 2.68. The van der Waals surface area contributed by atoms with Crippen molar-refractivity contribution in [3.05, 3.63) is 29.8 Å². The molecule has 1 aliphatic heterocycles. The molecule has 2 atom stereocenters. The summed E-state index contributed by atoms with van der Waals surface area (Å²) in [5.41, 5.74) is 6.27. The predicted molar refractivity (Wildman–Crippen MR) is 69.2 cm³/mol. The quantitative estimate of drug-likeness (QED) is 0.736. The Morgan fingerprint density at radius 1 is 1.33 bits per heavy atom. The van der Waals surface area contributed by atoms with Crippen molar-refractivity contribution < 1.29 is 9.59 Å². The fraction of sp³-hybridized carbons (Fsp3) is 0.385. The molecule has 1 heterocycles. The van der Waals surface area contributed by atoms with E-state index in [0.717, 1.165) is 13.0 Å². The second-order valence-corrected chi connectivity index (χ2v) is 4.57. The van der Waals surface area contributed by atoms with Gasteiger partial charge in [-0.05, 0) is 44.2 Å². The maximum absolute atomic E-state index is 12.0. The van der Waals surface area contributed by atoms with Crippen LogP contribution in [0.5, 0.6) is 0 Å². The molecule has 96 valence electrons. The van der Waals surface area contributed by atoms with Crippen LogP contribution in [-0.2, 0) is 4.79 Å². The number of hydrogen-bond acceptors (Lipinski definition) is 3. The second-order valence-electron chi connectivity index (χ2n) is 4.57. The Kier molecular flexibility index (Phi) is 3.62. The number of anilines is 1. The fourth-order valence-corrected chi connectivity index (χ4v) is 2.17. The van der Waals surface area contributed by atoms with E-state index in [1.54, 1.807) is 24.3 Å². The van der Waals surface area contributed by atoms with Crippen LogP contribution < -0.4 is 16.4 Å². The van der Waals surface area contributed by atoms with E-state index in [0.29, 0.717) is 11.3 Å². The summed E-state index contributed by atoms with van der Waals surface area (Å²) in [6.45, 7) is 2.88. The summed E-state index contributed by atoms with van der Waals surface area (Å²) >= 11 is 0. The van der Waals surface area contributed by atoms with E-state index in [-0.39, 0.29) is 17.9 Å². The number of primary amides is 1. The molecule has 5 heteroatoms. The van der Waals surface area contributed by atoms with E-state index in [9.17, 15) is 9.59 Å². The molecule has 0 saturated carbocycles. The molecule has 2 rings (SSSR count). The number of amides is 2. The number of nitrogens with two attached hydrogens (primary N) is 1. The molecular weight excluding hydrogens is 230 g/mol. The number of rotatable bonds is 3. The fourth-order valence-electron chi connectivity index (χ4n) is 2.17. The third-order valence-corrected chi connectivity index (χ3v) is 3.30. The highest BCUT2D eigenvalue weighted by molar-refractivity contribution is 5.95. The Labute approximate surface area is 106 Å². The molecule has 2 unspecified atom stereocenters. The van der Waals surface area contributed by atoms with Gasteiger partial charge >= 0.3 is 0 Å². The van der Waals surface area contributed by atoms with E-state index in [1.807, 2.05) is 6.92 Å². The van der Waals surface area contributed by atoms with Crippen molar-refractivity contribution in [1.29, 1.82) is 0 Å². The predicted octanol–water partition coefficient (Wildman–Crippen LogP) is 0.722. The van der Waals surface area contributed by atoms with Crippen LogP contribution in [0.2, 0.25) is 0 Å². The maximum Gasteiger partial charge on any atom is 0.248 e. The Balaban J connectivity index is 2.00. The molecule has 1 aromatic carbocycles. The topological polar surface area (TPSA) is 84.2 Å². The van der Waals surface area contributed by atoms with Gasteiger partial charge in [0, 0.05) is 17.3 Å². The van der Waals surface area contributed by atoms with Crippen molar-refractivity contribution in [3.63, 3.8) is 0 Å². The lowest BCUT2D eigenvalue weighted by atomic mass is 10.0. The molecule has 0 radical (unpaired) electrons. The van der Waals surface area contributed by atoms with Crippen LogP contribution in [0.25, 0.3) is 0 Å². The molecule has 1 saturated heterocycles. The molecule has 2 amide bonds. The lowest BCUT2D eigenvalue weighted by Crippen LogP contribution is -2.32. The number of carbonyl (C=O) groups is 2. The largest absolute Gasteiger partial charge is 0.366 e. The average molecular weight is 247 g/mol. The summed E-state index contributed by atoms with van der Waals surface area (Å²) < 4.78 is 0. The van der Waals surface area contributed by atoms with Gasteiger partial charge in [0.15, 0.2) is 0 Å². The van der Waals surface area contributed by atoms with Crippen molar-refractivity contribution in [2.24, 2.45) is 11.7 Å². The van der Waals surface area contributed by atoms with Crippen molar-refractivity contribution in [3.8, 4) is 0 Å². The zero-order valence-electron chi connectivity index (χ0n) is 10.3. The first kappa shape index (κ1) is 12.6. The van der Waals surface area contributed by atoms with Crippen LogP contribution in [-0.4, -0.2) is 24.4 Å². The van der Waals surface area contributed by atoms with Gasteiger partial charge in [0.05, 0.1) is 5.92 Å². The maximum atomic E-state index is 12.0. The lowest BCUT2D eigenvalue weighted by molar-refractivity contribution is -0.120. The minimum Gasteiger partial charge on any atom is -0.366 e. The molecule has 4 N–H and O–H groups in total. The Bertz CT molecular complexity index is 456. The van der Waals surface area contributed by atoms with Gasteiger partial charge in [-0.2, -0.15) is 0 Å². The van der Waals surface area contributed by atoms with Gasteiger partial charge in [-0.1, -0.05) is 0 Å². The van der Waals surface area contributed by atoms with Gasteiger partial charge in [-0.15, -0.1) is 0 Å². The number of hydrogen-bond donors (Lipinski definition) is 3. The highest BCUT2D eigenvalue weighted by Crippen LogP contribution is 2.18. The van der Waals surface area contributed by atoms with Crippen LogP contribution in [0.15, 0.2) is 24.3 Å². The lowest BCUT2D eigenvalue weighted by Gasteiger charge is -2.14. The first-order valence-electron chi connectivity index (χ1n) is 6.02. The molecule has 0 aromatic heterocycles. The number of benzene rings is 1. The zero-order valence-corrected chi connectivity index (χ0v) is 10.3. The first-order chi connectivity index (χ1) is 8.58. The number of carbonyl (C=O) groups excluding carboxylic acids is 2. The summed E-state index contributed by atoms with van der Waals surface area (Å²) in [6, 6.07) is 6.79. The van der Waals surface area contributed by atoms with Gasteiger partial charge < -0.3 is 16.4 Å². The molecule has 0 bridgehead atoms. The molecule has 0 aliphatic carbocycles. The minimum absolute atomic E-state index is 0.000756. The van der Waals surface area contributed by atoms with E-state index < -0.39 is 5.91 Å². The van der Waals surface area contributed by atoms with Gasteiger partial charge in [0.1, 0.15) is 0 Å². The van der Waals surface area contributed by atoms with Crippen LogP contribution >= 0.6 is 0 Å². The summed E-state index contributed by atoms with van der Waals surface area (Å²) in [6.07, 6.45) is 0.854. The van der Waals surface area contributed by atoms with Crippen molar-refractivity contribution in [2.75, 3.05) is 11.9 Å². The highest BCUT2D eigenvalue weighted by atomic mass is 16.2. The summed E-state index contributed by atoms with van der Waals surface area (Å²) in [5.74, 6) is -0.457. The van der Waals surface area contributed by atoms with E-state index >= 15 is 0 Å². The molecular formula is C13H17N3O2. The normalized spacial score (nSPS) is 22.7. The van der Waals surface area contributed by atoms with Gasteiger partial charge in [0.25, 0.3) is 0 Å². The minimum atomic E-state index is -0.471. The van der Waals surface area contributed by atoms with Crippen LogP contribution in [0.4, 0.5) is 5.69 Å². The molecule has 1 fully saturated rings. The van der Waals surface area contributed by atoms with E-state index in [1.165, 1.54) is 0 Å². The average Bonchev–Trinajstić information content (AvgIpc) is 2.76. The smallest absolute Gasteiger partial charge is 0.248 e. The van der Waals surface area contributed by atoms with Crippen molar-refractivity contribution in [1.82, 2.24) is 5.32 Å². The van der Waals surface area contributed by atoms with Crippen LogP contribution in [0.1, 0.15) is 23.7 Å². The van der Waals surface area contributed by atoms with Crippen molar-refractivity contribution in [2.45, 2.75) is 19.4 Å². The standard InChI is InChI=1S/C13H17N3O2/c1-8-11(6-7-15-8)13(18)16-10-4-2-9(3-5-10)12(14)17/h2-5,8,11,15H,6-7H2,1H3,(H2,14,17)(H,16,18). The zero-order chi connectivity index (χ0) is 13.1. The summed E-state index contributed by atoms with van der Waals surface area (Å²) in [7, 11) is 0. The van der Waals surface area contributed by atoms with E-state index in [2.05, 4.69) is 10.6 Å². The molecule has 1 aliphatic rings. The van der Waals surface area contributed by atoms with E-state index in [4.69, 9.17) is 5.73 Å². The molecule has 5 nitrogen and oxygen atoms in total. The van der Waals surface area contributed by atoms with Gasteiger partial charge in [-0.25, -0.2) is 0 Å². The van der Waals surface area contributed by atoms with Crippen LogP contribution in [0, 0.1) is 5.92 Å². The second kappa shape index (κ2) is 5.18. The SMILES string of the molecule is CC1NCCC1C(=O)Nc1ccc(C(N)=O)cc1. The Morgan fingerprint density at radius 3 is 2.50 bits per heavy atom. The Morgan fingerprint density at radius 2 is 2.00 bits per heavy atom. The Hall–Kier alpha value is -1.88. The monoisotopic (exact) mass is 247 g/mol. The van der Waals surface area contributed by atoms with Gasteiger partial charge in [0.2, 0.25) is 11.8 Å². The molecule has 1 aromatic rings. The third-order valence-electron chi connectivity index (χ3n) is 3.30. The highest BCUT2D eigenvalue weighted by Gasteiger charge is 2.29. The molecule has 0 spiro atoms. The number of nitrogens with one attached hydrogen (secondary N) is 2. The summed E-state index contributed by atoms with van der Waals surface area (Å²) in [4.78, 5) is 22.9. The summed E-state index contributed by atoms with van der Waals surface area (Å²) in [5, 5.41) is 6.09. The van der Waals surface area contributed by atoms with Crippen molar-refractivity contribution >= 4 is 17.5 Å². The van der Waals surface area contributed by atoms with Crippen LogP contribution in [0.3, 0.4) is 0 Å². The molecule has 18 heavy (non-hydrogen) atoms. The van der Waals surface area contributed by atoms with Gasteiger partial charge in [-0.3, -0.25) is 9.59 Å².